The summed E-state index contributed by atoms with van der Waals surface area (Å²) >= 11 is 0. The highest BCUT2D eigenvalue weighted by molar-refractivity contribution is 5.97. The van der Waals surface area contributed by atoms with E-state index in [1.807, 2.05) is 12.1 Å². The second-order valence-corrected chi connectivity index (χ2v) is 13.0. The summed E-state index contributed by atoms with van der Waals surface area (Å²) in [6.07, 6.45) is 3.04. The Kier molecular flexibility index (Phi) is 8.47. The zero-order valence-corrected chi connectivity index (χ0v) is 27.6. The largest absolute Gasteiger partial charge is 0.437 e. The number of fused-ring (bicyclic) bond motifs is 3. The van der Waals surface area contributed by atoms with Crippen molar-refractivity contribution >= 4 is 28.1 Å². The molecule has 0 aliphatic carbocycles. The fourth-order valence-corrected chi connectivity index (χ4v) is 7.69. The third-order valence-electron chi connectivity index (χ3n) is 10.0. The van der Waals surface area contributed by atoms with E-state index < -0.39 is 0 Å². The molecule has 9 nitrogen and oxygen atoms in total. The van der Waals surface area contributed by atoms with Crippen molar-refractivity contribution in [2.45, 2.75) is 45.3 Å². The van der Waals surface area contributed by atoms with Gasteiger partial charge in [0.1, 0.15) is 17.4 Å². The number of carbonyl (C=O) groups is 1. The molecule has 1 atom stereocenters. The number of likely N-dealkylation sites (N-methyl/N-ethyl adjacent to an activating group) is 1. The minimum absolute atomic E-state index is 0.184. The standard InChI is InChI=1S/C39H39N7O2/c1-4-36(47)46-21-20-45(24-29(46)14-17-40)38-31-16-19-44(34-12-6-10-27-9-5-8-26(2)37(27)34)25-33(31)42-39(32(38)22-41)48-35-13-7-11-28-23-43(3)18-15-30(28)35/h4-13,29H,1,14-16,18-21,23-25H2,2-3H3. The number of piperazine rings is 1. The van der Waals surface area contributed by atoms with Gasteiger partial charge in [-0.3, -0.25) is 4.79 Å². The van der Waals surface area contributed by atoms with Crippen LogP contribution in [0.15, 0.2) is 67.3 Å². The quantitative estimate of drug-likeness (QED) is 0.242. The van der Waals surface area contributed by atoms with E-state index >= 15 is 0 Å². The van der Waals surface area contributed by atoms with Crippen LogP contribution >= 0.6 is 0 Å². The number of rotatable bonds is 6. The molecule has 4 aromatic rings. The normalized spacial score (nSPS) is 17.7. The van der Waals surface area contributed by atoms with E-state index in [1.54, 1.807) is 4.90 Å². The molecule has 3 aliphatic heterocycles. The fourth-order valence-electron chi connectivity index (χ4n) is 7.69. The highest BCUT2D eigenvalue weighted by Crippen LogP contribution is 2.42. The molecule has 1 amide bonds. The Labute approximate surface area is 281 Å². The number of carbonyl (C=O) groups excluding carboxylic acids is 1. The number of hydrogen-bond donors (Lipinski definition) is 0. The molecule has 3 aromatic carbocycles. The van der Waals surface area contributed by atoms with E-state index in [-0.39, 0.29) is 18.4 Å². The Morgan fingerprint density at radius 1 is 1.00 bits per heavy atom. The van der Waals surface area contributed by atoms with Crippen LogP contribution in [0.2, 0.25) is 0 Å². The Balaban J connectivity index is 1.34. The smallest absolute Gasteiger partial charge is 0.246 e. The lowest BCUT2D eigenvalue weighted by molar-refractivity contribution is -0.128. The number of amides is 1. The predicted molar refractivity (Wildman–Crippen MR) is 187 cm³/mol. The van der Waals surface area contributed by atoms with Crippen molar-refractivity contribution in [3.8, 4) is 23.8 Å². The maximum atomic E-state index is 12.7. The van der Waals surface area contributed by atoms with Gasteiger partial charge in [0, 0.05) is 61.5 Å². The number of pyridine rings is 1. The van der Waals surface area contributed by atoms with E-state index in [1.165, 1.54) is 33.7 Å². The lowest BCUT2D eigenvalue weighted by Gasteiger charge is -2.43. The van der Waals surface area contributed by atoms with E-state index in [0.29, 0.717) is 44.0 Å². The summed E-state index contributed by atoms with van der Waals surface area (Å²) in [5.41, 5.74) is 7.87. The molecular weight excluding hydrogens is 598 g/mol. The number of hydrogen-bond acceptors (Lipinski definition) is 8. The Hall–Kier alpha value is -5.38. The number of nitrogens with zero attached hydrogens (tertiary/aromatic N) is 7. The van der Waals surface area contributed by atoms with Crippen LogP contribution in [0.3, 0.4) is 0 Å². The summed E-state index contributed by atoms with van der Waals surface area (Å²) in [6, 6.07) is 23.4. The Morgan fingerprint density at radius 3 is 2.58 bits per heavy atom. The van der Waals surface area contributed by atoms with Gasteiger partial charge in [-0.1, -0.05) is 49.0 Å². The predicted octanol–water partition coefficient (Wildman–Crippen LogP) is 5.87. The number of ether oxygens (including phenoxy) is 1. The van der Waals surface area contributed by atoms with Crippen LogP contribution in [0.1, 0.15) is 39.9 Å². The van der Waals surface area contributed by atoms with Crippen LogP contribution in [0.25, 0.3) is 10.8 Å². The third-order valence-corrected chi connectivity index (χ3v) is 10.0. The number of nitriles is 2. The molecule has 4 heterocycles. The van der Waals surface area contributed by atoms with E-state index in [2.05, 4.69) is 89.9 Å². The Bertz CT molecular complexity index is 2000. The molecule has 0 N–H and O–H groups in total. The van der Waals surface area contributed by atoms with Crippen molar-refractivity contribution in [2.24, 2.45) is 0 Å². The van der Waals surface area contributed by atoms with Crippen molar-refractivity contribution in [3.05, 3.63) is 101 Å². The summed E-state index contributed by atoms with van der Waals surface area (Å²) in [7, 11) is 2.12. The van der Waals surface area contributed by atoms with Gasteiger partial charge in [-0.15, -0.1) is 0 Å². The summed E-state index contributed by atoms with van der Waals surface area (Å²) < 4.78 is 6.69. The van der Waals surface area contributed by atoms with Gasteiger partial charge in [-0.2, -0.15) is 10.5 Å². The summed E-state index contributed by atoms with van der Waals surface area (Å²) in [5, 5.41) is 22.9. The lowest BCUT2D eigenvalue weighted by Crippen LogP contribution is -2.55. The van der Waals surface area contributed by atoms with Crippen molar-refractivity contribution in [1.29, 1.82) is 10.5 Å². The number of aryl methyl sites for hydroxylation is 1. The minimum atomic E-state index is -0.328. The van der Waals surface area contributed by atoms with Gasteiger partial charge >= 0.3 is 0 Å². The van der Waals surface area contributed by atoms with Crippen LogP contribution in [-0.2, 0) is 30.7 Å². The maximum Gasteiger partial charge on any atom is 0.246 e. The second kappa shape index (κ2) is 13.0. The molecule has 1 fully saturated rings. The van der Waals surface area contributed by atoms with Crippen molar-refractivity contribution in [1.82, 2.24) is 14.8 Å². The average Bonchev–Trinajstić information content (AvgIpc) is 3.10. The average molecular weight is 638 g/mol. The maximum absolute atomic E-state index is 12.7. The first-order valence-corrected chi connectivity index (χ1v) is 16.6. The number of anilines is 2. The summed E-state index contributed by atoms with van der Waals surface area (Å²) in [5.74, 6) is 0.851. The Morgan fingerprint density at radius 2 is 1.79 bits per heavy atom. The van der Waals surface area contributed by atoms with Crippen LogP contribution < -0.4 is 14.5 Å². The first kappa shape index (κ1) is 31.2. The highest BCUT2D eigenvalue weighted by atomic mass is 16.5. The lowest BCUT2D eigenvalue weighted by atomic mass is 9.95. The first-order chi connectivity index (χ1) is 23.4. The summed E-state index contributed by atoms with van der Waals surface area (Å²) in [4.78, 5) is 26.4. The molecule has 7 rings (SSSR count). The van der Waals surface area contributed by atoms with Gasteiger partial charge in [0.25, 0.3) is 0 Å². The molecule has 1 aromatic heterocycles. The minimum Gasteiger partial charge on any atom is -0.437 e. The molecule has 1 saturated heterocycles. The van der Waals surface area contributed by atoms with Gasteiger partial charge in [0.15, 0.2) is 0 Å². The second-order valence-electron chi connectivity index (χ2n) is 13.0. The van der Waals surface area contributed by atoms with Crippen LogP contribution in [0, 0.1) is 29.6 Å². The molecule has 48 heavy (non-hydrogen) atoms. The number of benzene rings is 3. The van der Waals surface area contributed by atoms with E-state index in [9.17, 15) is 15.3 Å². The highest BCUT2D eigenvalue weighted by Gasteiger charge is 2.35. The first-order valence-electron chi connectivity index (χ1n) is 16.6. The fraction of sp³-hybridized carbons (Fsp3) is 0.333. The van der Waals surface area contributed by atoms with Crippen molar-refractivity contribution in [3.63, 3.8) is 0 Å². The zero-order chi connectivity index (χ0) is 33.4. The summed E-state index contributed by atoms with van der Waals surface area (Å²) in [6.45, 7) is 10.3. The topological polar surface area (TPSA) is 99.7 Å². The van der Waals surface area contributed by atoms with Crippen LogP contribution in [0.4, 0.5) is 11.4 Å². The van der Waals surface area contributed by atoms with Crippen LogP contribution in [0.5, 0.6) is 11.6 Å². The molecule has 0 radical (unpaired) electrons. The van der Waals surface area contributed by atoms with Crippen molar-refractivity contribution < 1.29 is 9.53 Å². The van der Waals surface area contributed by atoms with Gasteiger partial charge in [-0.05, 0) is 61.5 Å². The molecule has 9 heteroatoms. The molecular formula is C39H39N7O2. The molecule has 0 bridgehead atoms. The number of aromatic nitrogens is 1. The van der Waals surface area contributed by atoms with E-state index in [0.717, 1.165) is 54.3 Å². The monoisotopic (exact) mass is 637 g/mol. The zero-order valence-electron chi connectivity index (χ0n) is 27.6. The molecule has 1 unspecified atom stereocenters. The molecule has 242 valence electrons. The molecule has 3 aliphatic rings. The van der Waals surface area contributed by atoms with Gasteiger partial charge in [-0.25, -0.2) is 4.98 Å². The van der Waals surface area contributed by atoms with Crippen molar-refractivity contribution in [2.75, 3.05) is 49.6 Å². The molecule has 0 saturated carbocycles. The van der Waals surface area contributed by atoms with Gasteiger partial charge in [0.05, 0.1) is 36.5 Å². The SMILES string of the molecule is C=CC(=O)N1CCN(c2c(C#N)c(Oc3cccc4c3CCN(C)C4)nc3c2CCN(c2cccc4cccc(C)c24)C3)CC1CC#N. The van der Waals surface area contributed by atoms with Crippen LogP contribution in [-0.4, -0.2) is 66.5 Å². The molecule has 0 spiro atoms. The van der Waals surface area contributed by atoms with Gasteiger partial charge < -0.3 is 24.3 Å². The van der Waals surface area contributed by atoms with Gasteiger partial charge in [0.2, 0.25) is 11.8 Å². The van der Waals surface area contributed by atoms with E-state index in [4.69, 9.17) is 9.72 Å². The third kappa shape index (κ3) is 5.61.